The number of fused-ring (bicyclic) bond motifs is 3. The summed E-state index contributed by atoms with van der Waals surface area (Å²) in [6, 6.07) is 15.7. The lowest BCUT2D eigenvalue weighted by Crippen LogP contribution is -2.61. The lowest BCUT2D eigenvalue weighted by atomic mass is 9.82. The molecule has 0 bridgehead atoms. The molecule has 1 amide bonds. The third-order valence-corrected chi connectivity index (χ3v) is 6.97. The molecule has 162 valence electrons. The molecule has 2 fully saturated rings. The van der Waals surface area contributed by atoms with Crippen LogP contribution in [0.3, 0.4) is 0 Å². The van der Waals surface area contributed by atoms with Gasteiger partial charge in [-0.2, -0.15) is 0 Å². The Morgan fingerprint density at radius 3 is 2.55 bits per heavy atom. The van der Waals surface area contributed by atoms with Gasteiger partial charge in [-0.05, 0) is 36.5 Å². The Balaban J connectivity index is 1.44. The summed E-state index contributed by atoms with van der Waals surface area (Å²) in [6.07, 6.45) is 2.71. The van der Waals surface area contributed by atoms with Crippen LogP contribution in [0.25, 0.3) is 0 Å². The number of amides is 1. The van der Waals surface area contributed by atoms with Gasteiger partial charge in [-0.15, -0.1) is 0 Å². The quantitative estimate of drug-likeness (QED) is 0.562. The number of benzene rings is 2. The molecule has 3 aliphatic heterocycles. The lowest BCUT2D eigenvalue weighted by molar-refractivity contribution is -0.384. The zero-order valence-electron chi connectivity index (χ0n) is 17.7. The average Bonchev–Trinajstić information content (AvgIpc) is 3.33. The minimum Gasteiger partial charge on any atom is -0.365 e. The van der Waals surface area contributed by atoms with Crippen LogP contribution in [-0.4, -0.2) is 59.4 Å². The van der Waals surface area contributed by atoms with Gasteiger partial charge in [-0.3, -0.25) is 19.8 Å². The predicted octanol–water partition coefficient (Wildman–Crippen LogP) is 3.08. The van der Waals surface area contributed by atoms with Crippen molar-refractivity contribution in [3.05, 3.63) is 69.8 Å². The topological polar surface area (TPSA) is 69.9 Å². The highest BCUT2D eigenvalue weighted by Crippen LogP contribution is 2.39. The summed E-state index contributed by atoms with van der Waals surface area (Å²) < 4.78 is 0. The van der Waals surface area contributed by atoms with Crippen molar-refractivity contribution in [3.63, 3.8) is 0 Å². The van der Waals surface area contributed by atoms with Crippen LogP contribution in [0, 0.1) is 16.0 Å². The SMILES string of the molecule is O=C([C@H]1Cc2cc([N+](=O)[O-])ccc2N2CCN(Cc3ccccc3)C[C@@H]12)N1CCCC1. The lowest BCUT2D eigenvalue weighted by Gasteiger charge is -2.49. The fraction of sp³-hybridized carbons (Fsp3) is 0.458. The molecule has 3 heterocycles. The van der Waals surface area contributed by atoms with Gasteiger partial charge in [-0.1, -0.05) is 30.3 Å². The van der Waals surface area contributed by atoms with Crippen molar-refractivity contribution in [3.8, 4) is 0 Å². The molecule has 2 saturated heterocycles. The molecule has 2 atom stereocenters. The Morgan fingerprint density at radius 2 is 1.81 bits per heavy atom. The van der Waals surface area contributed by atoms with E-state index in [2.05, 4.69) is 34.1 Å². The first-order valence-corrected chi connectivity index (χ1v) is 11.2. The molecule has 0 N–H and O–H groups in total. The third-order valence-electron chi connectivity index (χ3n) is 6.97. The fourth-order valence-corrected chi connectivity index (χ4v) is 5.42. The zero-order chi connectivity index (χ0) is 21.4. The first kappa shape index (κ1) is 20.0. The van der Waals surface area contributed by atoms with Gasteiger partial charge in [0.15, 0.2) is 0 Å². The van der Waals surface area contributed by atoms with Crippen LogP contribution in [0.2, 0.25) is 0 Å². The second-order valence-electron chi connectivity index (χ2n) is 8.89. The smallest absolute Gasteiger partial charge is 0.269 e. The summed E-state index contributed by atoms with van der Waals surface area (Å²) in [5.74, 6) is 0.0531. The van der Waals surface area contributed by atoms with Crippen molar-refractivity contribution in [1.82, 2.24) is 9.80 Å². The summed E-state index contributed by atoms with van der Waals surface area (Å²) >= 11 is 0. The van der Waals surface area contributed by atoms with Gasteiger partial charge in [0.1, 0.15) is 0 Å². The molecular formula is C24H28N4O3. The molecule has 0 spiro atoms. The van der Waals surface area contributed by atoms with Crippen LogP contribution in [-0.2, 0) is 17.8 Å². The number of piperazine rings is 1. The maximum atomic E-state index is 13.5. The predicted molar refractivity (Wildman–Crippen MR) is 119 cm³/mol. The first-order valence-electron chi connectivity index (χ1n) is 11.2. The molecule has 0 aliphatic carbocycles. The van der Waals surface area contributed by atoms with Gasteiger partial charge >= 0.3 is 0 Å². The Hall–Kier alpha value is -2.93. The number of nitro groups is 1. The van der Waals surface area contributed by atoms with E-state index in [0.717, 1.165) is 63.4 Å². The molecule has 0 radical (unpaired) electrons. The largest absolute Gasteiger partial charge is 0.365 e. The number of nitro benzene ring substituents is 1. The summed E-state index contributed by atoms with van der Waals surface area (Å²) in [5.41, 5.74) is 3.37. The molecule has 2 aromatic carbocycles. The van der Waals surface area contributed by atoms with Crippen LogP contribution in [0.5, 0.6) is 0 Å². The number of non-ortho nitro benzene ring substituents is 1. The Kier molecular flexibility index (Phi) is 5.36. The first-order chi connectivity index (χ1) is 15.1. The second-order valence-corrected chi connectivity index (χ2v) is 8.89. The van der Waals surface area contributed by atoms with Crippen LogP contribution in [0.15, 0.2) is 48.5 Å². The van der Waals surface area contributed by atoms with Crippen LogP contribution < -0.4 is 4.90 Å². The maximum absolute atomic E-state index is 13.5. The molecule has 0 aromatic heterocycles. The number of rotatable bonds is 4. The number of carbonyl (C=O) groups excluding carboxylic acids is 1. The molecule has 5 rings (SSSR count). The van der Waals surface area contributed by atoms with Crippen molar-refractivity contribution in [2.24, 2.45) is 5.92 Å². The Bertz CT molecular complexity index is 974. The molecule has 31 heavy (non-hydrogen) atoms. The van der Waals surface area contributed by atoms with Crippen molar-refractivity contribution in [2.75, 3.05) is 37.6 Å². The van der Waals surface area contributed by atoms with E-state index in [1.807, 2.05) is 17.0 Å². The summed E-state index contributed by atoms with van der Waals surface area (Å²) in [5, 5.41) is 11.3. The minimum absolute atomic E-state index is 0.0968. The van der Waals surface area contributed by atoms with E-state index < -0.39 is 0 Å². The van der Waals surface area contributed by atoms with Crippen LogP contribution >= 0.6 is 0 Å². The normalized spacial score (nSPS) is 23.4. The van der Waals surface area contributed by atoms with E-state index in [4.69, 9.17) is 0 Å². The summed E-state index contributed by atoms with van der Waals surface area (Å²) in [6.45, 7) is 5.10. The van der Waals surface area contributed by atoms with E-state index in [1.54, 1.807) is 12.1 Å². The number of likely N-dealkylation sites (tertiary alicyclic amines) is 1. The highest BCUT2D eigenvalue weighted by Gasteiger charge is 2.43. The highest BCUT2D eigenvalue weighted by molar-refractivity contribution is 5.82. The van der Waals surface area contributed by atoms with Crippen molar-refractivity contribution >= 4 is 17.3 Å². The fourth-order valence-electron chi connectivity index (χ4n) is 5.42. The van der Waals surface area contributed by atoms with Crippen molar-refractivity contribution in [2.45, 2.75) is 31.8 Å². The van der Waals surface area contributed by atoms with Gasteiger partial charge in [0.2, 0.25) is 5.91 Å². The van der Waals surface area contributed by atoms with E-state index in [0.29, 0.717) is 6.42 Å². The monoisotopic (exact) mass is 420 g/mol. The van der Waals surface area contributed by atoms with E-state index in [-0.39, 0.29) is 28.5 Å². The average molecular weight is 421 g/mol. The second kappa shape index (κ2) is 8.30. The standard InChI is InChI=1S/C24H28N4O3/c29-24(26-10-4-5-11-26)21-15-19-14-20(28(30)31)8-9-22(19)27-13-12-25(17-23(21)27)16-18-6-2-1-3-7-18/h1-3,6-9,14,21,23H,4-5,10-13,15-17H2/t21-,23-/m0/s1. The Labute approximate surface area is 182 Å². The van der Waals surface area contributed by atoms with Gasteiger partial charge < -0.3 is 9.80 Å². The zero-order valence-corrected chi connectivity index (χ0v) is 17.7. The van der Waals surface area contributed by atoms with Gasteiger partial charge in [0.05, 0.1) is 16.9 Å². The van der Waals surface area contributed by atoms with Crippen molar-refractivity contribution < 1.29 is 9.72 Å². The van der Waals surface area contributed by atoms with Crippen molar-refractivity contribution in [1.29, 1.82) is 0 Å². The number of hydrogen-bond acceptors (Lipinski definition) is 5. The number of anilines is 1. The van der Waals surface area contributed by atoms with E-state index in [9.17, 15) is 14.9 Å². The number of hydrogen-bond donors (Lipinski definition) is 0. The number of carbonyl (C=O) groups is 1. The van der Waals surface area contributed by atoms with Crippen LogP contribution in [0.4, 0.5) is 11.4 Å². The highest BCUT2D eigenvalue weighted by atomic mass is 16.6. The molecule has 2 aromatic rings. The Morgan fingerprint density at radius 1 is 1.03 bits per heavy atom. The number of nitrogens with zero attached hydrogens (tertiary/aromatic N) is 4. The summed E-state index contributed by atoms with van der Waals surface area (Å²) in [7, 11) is 0. The van der Waals surface area contributed by atoms with Gasteiger partial charge in [0.25, 0.3) is 5.69 Å². The van der Waals surface area contributed by atoms with Gasteiger partial charge in [-0.25, -0.2) is 0 Å². The van der Waals surface area contributed by atoms with Gasteiger partial charge in [0, 0.05) is 57.1 Å². The van der Waals surface area contributed by atoms with E-state index >= 15 is 0 Å². The molecule has 0 saturated carbocycles. The van der Waals surface area contributed by atoms with E-state index in [1.165, 1.54) is 5.56 Å². The molecule has 7 nitrogen and oxygen atoms in total. The molecule has 0 unspecified atom stereocenters. The third kappa shape index (κ3) is 3.90. The van der Waals surface area contributed by atoms with Crippen LogP contribution in [0.1, 0.15) is 24.0 Å². The minimum atomic E-state index is -0.346. The molecule has 7 heteroatoms. The maximum Gasteiger partial charge on any atom is 0.269 e. The molecular weight excluding hydrogens is 392 g/mol. The summed E-state index contributed by atoms with van der Waals surface area (Å²) in [4.78, 5) is 31.2. The molecule has 3 aliphatic rings.